The first-order chi connectivity index (χ1) is 8.61. The smallest absolute Gasteiger partial charge is 0.303 e. The highest BCUT2D eigenvalue weighted by molar-refractivity contribution is 5.66. The molecule has 0 radical (unpaired) electrons. The van der Waals surface area contributed by atoms with Crippen LogP contribution in [0.1, 0.15) is 38.5 Å². The van der Waals surface area contributed by atoms with E-state index in [4.69, 9.17) is 14.3 Å². The summed E-state index contributed by atoms with van der Waals surface area (Å²) in [6.07, 6.45) is 2.19. The highest BCUT2D eigenvalue weighted by atomic mass is 16.5. The SMILES string of the molecule is CCCOCCc1nnc(CC(C)CC(=O)O)o1. The predicted octanol–water partition coefficient (Wildman–Crippen LogP) is 1.69. The number of hydrogen-bond acceptors (Lipinski definition) is 5. The largest absolute Gasteiger partial charge is 0.481 e. The molecule has 0 aliphatic rings. The summed E-state index contributed by atoms with van der Waals surface area (Å²) in [5.74, 6) is 0.222. The van der Waals surface area contributed by atoms with Gasteiger partial charge in [-0.05, 0) is 12.3 Å². The number of ether oxygens (including phenoxy) is 1. The normalized spacial score (nSPS) is 12.6. The number of carboxylic acid groups (broad SMARTS) is 1. The van der Waals surface area contributed by atoms with Crippen LogP contribution in [0, 0.1) is 5.92 Å². The van der Waals surface area contributed by atoms with E-state index >= 15 is 0 Å². The summed E-state index contributed by atoms with van der Waals surface area (Å²) in [4.78, 5) is 10.5. The van der Waals surface area contributed by atoms with E-state index < -0.39 is 5.97 Å². The van der Waals surface area contributed by atoms with Crippen molar-refractivity contribution in [1.82, 2.24) is 10.2 Å². The van der Waals surface area contributed by atoms with E-state index in [1.165, 1.54) is 0 Å². The lowest BCUT2D eigenvalue weighted by molar-refractivity contribution is -0.137. The molecule has 6 heteroatoms. The maximum absolute atomic E-state index is 10.5. The average molecular weight is 256 g/mol. The van der Waals surface area contributed by atoms with Crippen molar-refractivity contribution in [1.29, 1.82) is 0 Å². The third-order valence-electron chi connectivity index (χ3n) is 2.36. The zero-order chi connectivity index (χ0) is 13.4. The predicted molar refractivity (Wildman–Crippen MR) is 64.2 cm³/mol. The van der Waals surface area contributed by atoms with E-state index in [0.29, 0.717) is 31.2 Å². The molecule has 0 saturated heterocycles. The van der Waals surface area contributed by atoms with Crippen LogP contribution in [-0.2, 0) is 22.4 Å². The van der Waals surface area contributed by atoms with Crippen molar-refractivity contribution in [2.24, 2.45) is 5.92 Å². The molecule has 1 unspecified atom stereocenters. The van der Waals surface area contributed by atoms with Crippen LogP contribution in [0.2, 0.25) is 0 Å². The molecule has 6 nitrogen and oxygen atoms in total. The van der Waals surface area contributed by atoms with Gasteiger partial charge in [0.2, 0.25) is 11.8 Å². The lowest BCUT2D eigenvalue weighted by Gasteiger charge is -2.03. The second-order valence-corrected chi connectivity index (χ2v) is 4.36. The molecule has 0 spiro atoms. The number of carbonyl (C=O) groups is 1. The van der Waals surface area contributed by atoms with Crippen LogP contribution in [0.15, 0.2) is 4.42 Å². The van der Waals surface area contributed by atoms with Gasteiger partial charge < -0.3 is 14.3 Å². The van der Waals surface area contributed by atoms with Crippen LogP contribution in [0.3, 0.4) is 0 Å². The van der Waals surface area contributed by atoms with Crippen LogP contribution in [0.25, 0.3) is 0 Å². The van der Waals surface area contributed by atoms with Gasteiger partial charge in [-0.15, -0.1) is 10.2 Å². The molecule has 1 aromatic rings. The van der Waals surface area contributed by atoms with Crippen molar-refractivity contribution < 1.29 is 19.1 Å². The van der Waals surface area contributed by atoms with Gasteiger partial charge in [0.15, 0.2) is 0 Å². The molecule has 0 aliphatic heterocycles. The van der Waals surface area contributed by atoms with E-state index in [2.05, 4.69) is 17.1 Å². The van der Waals surface area contributed by atoms with Crippen LogP contribution < -0.4 is 0 Å². The molecule has 102 valence electrons. The molecule has 0 bridgehead atoms. The van der Waals surface area contributed by atoms with Gasteiger partial charge in [-0.2, -0.15) is 0 Å². The fourth-order valence-electron chi connectivity index (χ4n) is 1.55. The van der Waals surface area contributed by atoms with Gasteiger partial charge in [0, 0.05) is 25.9 Å². The number of hydrogen-bond donors (Lipinski definition) is 1. The van der Waals surface area contributed by atoms with Crippen molar-refractivity contribution in [2.75, 3.05) is 13.2 Å². The first kappa shape index (κ1) is 14.6. The highest BCUT2D eigenvalue weighted by Crippen LogP contribution is 2.11. The van der Waals surface area contributed by atoms with Crippen molar-refractivity contribution in [3.63, 3.8) is 0 Å². The molecule has 1 heterocycles. The molecule has 1 aromatic heterocycles. The quantitative estimate of drug-likeness (QED) is 0.677. The number of carboxylic acids is 1. The second-order valence-electron chi connectivity index (χ2n) is 4.36. The lowest BCUT2D eigenvalue weighted by atomic mass is 10.0. The average Bonchev–Trinajstić information content (AvgIpc) is 2.71. The fourth-order valence-corrected chi connectivity index (χ4v) is 1.55. The molecule has 0 fully saturated rings. The molecule has 0 aliphatic carbocycles. The Bertz CT molecular complexity index is 365. The molecule has 1 atom stereocenters. The van der Waals surface area contributed by atoms with Crippen LogP contribution in [0.4, 0.5) is 0 Å². The van der Waals surface area contributed by atoms with E-state index in [0.717, 1.165) is 13.0 Å². The zero-order valence-electron chi connectivity index (χ0n) is 10.9. The Morgan fingerprint density at radius 1 is 1.39 bits per heavy atom. The number of aromatic nitrogens is 2. The molecule has 0 aromatic carbocycles. The van der Waals surface area contributed by atoms with Crippen molar-refractivity contribution >= 4 is 5.97 Å². The molecule has 0 amide bonds. The maximum atomic E-state index is 10.5. The third-order valence-corrected chi connectivity index (χ3v) is 2.36. The second kappa shape index (κ2) is 7.81. The van der Waals surface area contributed by atoms with Crippen LogP contribution in [0.5, 0.6) is 0 Å². The van der Waals surface area contributed by atoms with Gasteiger partial charge in [0.25, 0.3) is 0 Å². The maximum Gasteiger partial charge on any atom is 0.303 e. The third kappa shape index (κ3) is 5.77. The van der Waals surface area contributed by atoms with Gasteiger partial charge >= 0.3 is 5.97 Å². The van der Waals surface area contributed by atoms with Gasteiger partial charge in [-0.25, -0.2) is 0 Å². The van der Waals surface area contributed by atoms with E-state index in [1.54, 1.807) is 0 Å². The molecular formula is C12H20N2O4. The molecule has 1 rings (SSSR count). The molecule has 0 saturated carbocycles. The Morgan fingerprint density at radius 3 is 2.78 bits per heavy atom. The molecule has 18 heavy (non-hydrogen) atoms. The first-order valence-corrected chi connectivity index (χ1v) is 6.22. The Hall–Kier alpha value is -1.43. The Morgan fingerprint density at radius 2 is 2.11 bits per heavy atom. The Balaban J connectivity index is 2.31. The van der Waals surface area contributed by atoms with Gasteiger partial charge in [0.05, 0.1) is 6.61 Å². The van der Waals surface area contributed by atoms with Crippen LogP contribution in [-0.4, -0.2) is 34.5 Å². The first-order valence-electron chi connectivity index (χ1n) is 6.22. The number of nitrogens with zero attached hydrogens (tertiary/aromatic N) is 2. The highest BCUT2D eigenvalue weighted by Gasteiger charge is 2.13. The van der Waals surface area contributed by atoms with E-state index in [-0.39, 0.29) is 12.3 Å². The molecular weight excluding hydrogens is 236 g/mol. The lowest BCUT2D eigenvalue weighted by Crippen LogP contribution is -2.07. The summed E-state index contributed by atoms with van der Waals surface area (Å²) in [6.45, 7) is 5.20. The van der Waals surface area contributed by atoms with Gasteiger partial charge in [0.1, 0.15) is 0 Å². The summed E-state index contributed by atoms with van der Waals surface area (Å²) in [6, 6.07) is 0. The molecule has 1 N–H and O–H groups in total. The minimum Gasteiger partial charge on any atom is -0.481 e. The van der Waals surface area contributed by atoms with E-state index in [1.807, 2.05) is 6.92 Å². The Labute approximate surface area is 106 Å². The standard InChI is InChI=1S/C12H20N2O4/c1-3-5-17-6-4-10-13-14-11(18-10)7-9(2)8-12(15)16/h9H,3-8H2,1-2H3,(H,15,16). The monoisotopic (exact) mass is 256 g/mol. The van der Waals surface area contributed by atoms with Gasteiger partial charge in [-0.3, -0.25) is 4.79 Å². The van der Waals surface area contributed by atoms with Crippen molar-refractivity contribution in [2.45, 2.75) is 39.5 Å². The zero-order valence-corrected chi connectivity index (χ0v) is 10.9. The minimum atomic E-state index is -0.810. The van der Waals surface area contributed by atoms with Gasteiger partial charge in [-0.1, -0.05) is 13.8 Å². The Kier molecular flexibility index (Phi) is 6.35. The van der Waals surface area contributed by atoms with Crippen LogP contribution >= 0.6 is 0 Å². The van der Waals surface area contributed by atoms with Crippen molar-refractivity contribution in [3.05, 3.63) is 11.8 Å². The number of aliphatic carboxylic acids is 1. The fraction of sp³-hybridized carbons (Fsp3) is 0.750. The number of rotatable bonds is 9. The summed E-state index contributed by atoms with van der Waals surface area (Å²) in [5, 5.41) is 16.4. The summed E-state index contributed by atoms with van der Waals surface area (Å²) < 4.78 is 10.7. The summed E-state index contributed by atoms with van der Waals surface area (Å²) in [7, 11) is 0. The van der Waals surface area contributed by atoms with Crippen molar-refractivity contribution in [3.8, 4) is 0 Å². The summed E-state index contributed by atoms with van der Waals surface area (Å²) in [5.41, 5.74) is 0. The minimum absolute atomic E-state index is 0.00728. The summed E-state index contributed by atoms with van der Waals surface area (Å²) >= 11 is 0. The van der Waals surface area contributed by atoms with E-state index in [9.17, 15) is 4.79 Å². The topological polar surface area (TPSA) is 85.5 Å².